The zero-order valence-electron chi connectivity index (χ0n) is 10.1. The topological polar surface area (TPSA) is 111 Å². The van der Waals surface area contributed by atoms with E-state index in [1.165, 1.54) is 13.1 Å². The van der Waals surface area contributed by atoms with Crippen molar-refractivity contribution in [3.8, 4) is 5.75 Å². The monoisotopic (exact) mass is 325 g/mol. The third-order valence-corrected chi connectivity index (χ3v) is 3.46. The molecule has 21 heavy (non-hydrogen) atoms. The molecule has 0 aliphatic carbocycles. The highest BCUT2D eigenvalue weighted by molar-refractivity contribution is 7.88. The maximum absolute atomic E-state index is 12.4. The van der Waals surface area contributed by atoms with Gasteiger partial charge < -0.3 is 13.9 Å². The van der Waals surface area contributed by atoms with Crippen LogP contribution in [0.15, 0.2) is 12.3 Å². The Morgan fingerprint density at radius 2 is 2.05 bits per heavy atom. The molecular formula is C9H6F3N3O5S. The first kappa shape index (κ1) is 15.0. The summed E-state index contributed by atoms with van der Waals surface area (Å²) in [5.41, 5.74) is -6.86. The number of hydrogen-bond donors (Lipinski definition) is 1. The molecule has 8 nitrogen and oxygen atoms in total. The number of alkyl halides is 3. The van der Waals surface area contributed by atoms with Crippen molar-refractivity contribution in [2.24, 2.45) is 7.05 Å². The fourth-order valence-electron chi connectivity index (χ4n) is 1.62. The first-order valence-corrected chi connectivity index (χ1v) is 6.51. The molecule has 0 amide bonds. The van der Waals surface area contributed by atoms with Crippen LogP contribution in [0, 0.1) is 0 Å². The van der Waals surface area contributed by atoms with Crippen LogP contribution in [0.1, 0.15) is 10.5 Å². The molecule has 114 valence electrons. The van der Waals surface area contributed by atoms with E-state index in [2.05, 4.69) is 14.4 Å². The van der Waals surface area contributed by atoms with Gasteiger partial charge in [-0.05, 0) is 6.07 Å². The molecule has 12 heteroatoms. The van der Waals surface area contributed by atoms with Crippen LogP contribution in [0.25, 0.3) is 11.0 Å². The van der Waals surface area contributed by atoms with Gasteiger partial charge in [-0.2, -0.15) is 26.7 Å². The molecule has 0 radical (unpaired) electrons. The number of rotatable bonds is 3. The van der Waals surface area contributed by atoms with Gasteiger partial charge in [0.1, 0.15) is 0 Å². The number of aryl methyl sites for hydroxylation is 1. The molecule has 2 heterocycles. The highest BCUT2D eigenvalue weighted by Crippen LogP contribution is 2.35. The van der Waals surface area contributed by atoms with Gasteiger partial charge in [0.15, 0.2) is 11.2 Å². The molecular weight excluding hydrogens is 319 g/mol. The molecule has 0 saturated heterocycles. The Kier molecular flexibility index (Phi) is 3.28. The zero-order chi connectivity index (χ0) is 16.0. The van der Waals surface area contributed by atoms with Crippen LogP contribution >= 0.6 is 0 Å². The highest BCUT2D eigenvalue weighted by atomic mass is 32.2. The summed E-state index contributed by atoms with van der Waals surface area (Å²) >= 11 is 0. The number of hydrogen-bond acceptors (Lipinski definition) is 6. The van der Waals surface area contributed by atoms with E-state index in [9.17, 15) is 26.4 Å². The van der Waals surface area contributed by atoms with Crippen molar-refractivity contribution in [3.63, 3.8) is 0 Å². The van der Waals surface area contributed by atoms with E-state index in [4.69, 9.17) is 5.11 Å². The van der Waals surface area contributed by atoms with E-state index in [0.29, 0.717) is 0 Å². The Morgan fingerprint density at radius 1 is 1.43 bits per heavy atom. The van der Waals surface area contributed by atoms with Gasteiger partial charge in [0.05, 0.1) is 11.7 Å². The molecule has 2 rings (SSSR count). The normalized spacial score (nSPS) is 12.6. The lowest BCUT2D eigenvalue weighted by atomic mass is 10.3. The van der Waals surface area contributed by atoms with E-state index >= 15 is 0 Å². The molecule has 2 aromatic heterocycles. The van der Waals surface area contributed by atoms with Crippen molar-refractivity contribution in [2.75, 3.05) is 0 Å². The lowest BCUT2D eigenvalue weighted by Gasteiger charge is -2.09. The van der Waals surface area contributed by atoms with E-state index in [0.717, 1.165) is 10.8 Å². The van der Waals surface area contributed by atoms with Gasteiger partial charge in [-0.1, -0.05) is 0 Å². The second kappa shape index (κ2) is 4.58. The lowest BCUT2D eigenvalue weighted by molar-refractivity contribution is -0.0500. The summed E-state index contributed by atoms with van der Waals surface area (Å²) in [6, 6.07) is 1.25. The molecule has 0 aliphatic rings. The Labute approximate surface area is 114 Å². The first-order valence-electron chi connectivity index (χ1n) is 5.10. The molecule has 2 aromatic rings. The summed E-state index contributed by atoms with van der Waals surface area (Å²) in [6.07, 6.45) is 1.16. The average molecular weight is 325 g/mol. The number of fused-ring (bicyclic) bond motifs is 1. The number of nitrogens with zero attached hydrogens (tertiary/aromatic N) is 3. The Bertz CT molecular complexity index is 827. The molecule has 0 saturated carbocycles. The molecule has 0 fully saturated rings. The molecule has 0 spiro atoms. The summed E-state index contributed by atoms with van der Waals surface area (Å²) < 4.78 is 64.0. The maximum atomic E-state index is 12.4. The van der Waals surface area contributed by atoms with Crippen molar-refractivity contribution >= 4 is 27.1 Å². The zero-order valence-corrected chi connectivity index (χ0v) is 10.9. The summed E-state index contributed by atoms with van der Waals surface area (Å²) in [5.74, 6) is -2.71. The Morgan fingerprint density at radius 3 is 2.57 bits per heavy atom. The molecule has 0 atom stereocenters. The third-order valence-electron chi connectivity index (χ3n) is 2.51. The minimum atomic E-state index is -6.03. The molecule has 0 bridgehead atoms. The van der Waals surface area contributed by atoms with E-state index < -0.39 is 38.6 Å². The fourth-order valence-corrected chi connectivity index (χ4v) is 2.09. The third kappa shape index (κ3) is 2.37. The van der Waals surface area contributed by atoms with Gasteiger partial charge in [-0.3, -0.25) is 0 Å². The first-order chi connectivity index (χ1) is 9.56. The number of halogens is 3. The van der Waals surface area contributed by atoms with Gasteiger partial charge >= 0.3 is 21.6 Å². The van der Waals surface area contributed by atoms with Crippen LogP contribution in [-0.4, -0.2) is 39.8 Å². The minimum Gasteiger partial charge on any atom is -0.476 e. The Hall–Kier alpha value is -2.37. The number of aromatic nitrogens is 3. The molecule has 1 N–H and O–H groups in total. The largest absolute Gasteiger partial charge is 0.534 e. The van der Waals surface area contributed by atoms with Gasteiger partial charge in [0, 0.05) is 7.05 Å². The second-order valence-electron chi connectivity index (χ2n) is 3.79. The van der Waals surface area contributed by atoms with Crippen molar-refractivity contribution in [2.45, 2.75) is 5.51 Å². The predicted octanol–water partition coefficient (Wildman–Crippen LogP) is 0.895. The van der Waals surface area contributed by atoms with Crippen molar-refractivity contribution in [1.29, 1.82) is 0 Å². The van der Waals surface area contributed by atoms with Crippen LogP contribution in [0.3, 0.4) is 0 Å². The smallest absolute Gasteiger partial charge is 0.476 e. The van der Waals surface area contributed by atoms with Crippen LogP contribution in [0.4, 0.5) is 13.2 Å². The van der Waals surface area contributed by atoms with Crippen LogP contribution in [0.2, 0.25) is 0 Å². The van der Waals surface area contributed by atoms with Gasteiger partial charge in [-0.15, -0.1) is 5.10 Å². The van der Waals surface area contributed by atoms with Crippen molar-refractivity contribution in [1.82, 2.24) is 14.8 Å². The predicted molar refractivity (Wildman–Crippen MR) is 61.1 cm³/mol. The van der Waals surface area contributed by atoms with Crippen LogP contribution < -0.4 is 4.18 Å². The second-order valence-corrected chi connectivity index (χ2v) is 5.33. The van der Waals surface area contributed by atoms with Gasteiger partial charge in [-0.25, -0.2) is 4.79 Å². The van der Waals surface area contributed by atoms with E-state index in [1.54, 1.807) is 0 Å². The standard InChI is InChI=1S/C9H6F3N3O5S/c1-15-4-2-3-13-14-5(4)7(6(15)8(16)17)20-21(18,19)9(10,11)12/h2-3H,1H3,(H,16,17). The van der Waals surface area contributed by atoms with Gasteiger partial charge in [0.25, 0.3) is 0 Å². The molecule has 0 unspecified atom stereocenters. The van der Waals surface area contributed by atoms with Crippen LogP contribution in [0.5, 0.6) is 5.75 Å². The molecule has 0 aromatic carbocycles. The lowest BCUT2D eigenvalue weighted by Crippen LogP contribution is -2.28. The van der Waals surface area contributed by atoms with Crippen molar-refractivity contribution < 1.29 is 35.7 Å². The number of aromatic carboxylic acids is 1. The maximum Gasteiger partial charge on any atom is 0.534 e. The fraction of sp³-hybridized carbons (Fsp3) is 0.222. The summed E-state index contributed by atoms with van der Waals surface area (Å²) in [4.78, 5) is 11.1. The SMILES string of the molecule is Cn1c(C(=O)O)c(OS(=O)(=O)C(F)(F)F)c2nnccc21. The number of carboxylic acids is 1. The number of carboxylic acid groups (broad SMARTS) is 1. The van der Waals surface area contributed by atoms with Crippen molar-refractivity contribution in [3.05, 3.63) is 18.0 Å². The minimum absolute atomic E-state index is 0.0507. The van der Waals surface area contributed by atoms with Gasteiger partial charge in [0.2, 0.25) is 5.75 Å². The Balaban J connectivity index is 2.74. The highest BCUT2D eigenvalue weighted by Gasteiger charge is 2.49. The number of carbonyl (C=O) groups is 1. The quantitative estimate of drug-likeness (QED) is 0.659. The van der Waals surface area contributed by atoms with E-state index in [-0.39, 0.29) is 5.52 Å². The van der Waals surface area contributed by atoms with Crippen LogP contribution in [-0.2, 0) is 17.2 Å². The summed E-state index contributed by atoms with van der Waals surface area (Å²) in [5, 5.41) is 15.8. The summed E-state index contributed by atoms with van der Waals surface area (Å²) in [6.45, 7) is 0. The summed E-state index contributed by atoms with van der Waals surface area (Å²) in [7, 11) is -4.82. The van der Waals surface area contributed by atoms with E-state index in [1.807, 2.05) is 0 Å². The molecule has 0 aliphatic heterocycles. The average Bonchev–Trinajstić information content (AvgIpc) is 2.61.